The Morgan fingerprint density at radius 3 is 2.36 bits per heavy atom. The van der Waals surface area contributed by atoms with Crippen molar-refractivity contribution in [3.8, 4) is 0 Å². The molecule has 2 aromatic carbocycles. The number of nitrogens with zero attached hydrogens (tertiary/aromatic N) is 2. The van der Waals surface area contributed by atoms with Crippen LogP contribution in [0.1, 0.15) is 16.8 Å². The number of nitrogens with one attached hydrogen (secondary N) is 1. The highest BCUT2D eigenvalue weighted by molar-refractivity contribution is 6.32. The fourth-order valence-corrected chi connectivity index (χ4v) is 2.95. The molecule has 25 heavy (non-hydrogen) atoms. The molecule has 0 aliphatic carbocycles. The number of fused-ring (bicyclic) bond motifs is 1. The van der Waals surface area contributed by atoms with E-state index < -0.39 is 0 Å². The third-order valence-corrected chi connectivity index (χ3v) is 4.24. The molecular formula is C19H20BN3O2. The van der Waals surface area contributed by atoms with Gasteiger partial charge in [0.2, 0.25) is 5.62 Å². The molecule has 3 rings (SSSR count). The van der Waals surface area contributed by atoms with Crippen LogP contribution in [0.3, 0.4) is 0 Å². The number of ketones is 1. The van der Waals surface area contributed by atoms with Crippen LogP contribution in [0.5, 0.6) is 0 Å². The van der Waals surface area contributed by atoms with Crippen LogP contribution in [0.25, 0.3) is 11.0 Å². The number of imidazole rings is 1. The Hall–Kier alpha value is -2.60. The fraction of sp³-hybridized carbons (Fsp3) is 0.263. The normalized spacial score (nSPS) is 11.1. The molecule has 0 saturated carbocycles. The van der Waals surface area contributed by atoms with E-state index in [1.54, 1.807) is 35.9 Å². The standard InChI is InChI=1S/C19H20BN3O2/c1-25-12-4-11-22-16-5-2-3-6-17(16)23(19(22)21)13-18(24)14-7-9-15(20)10-8-14/h2-3,5-10,21H,4,11-13H2,1H3. The first-order valence-electron chi connectivity index (χ1n) is 8.22. The number of benzene rings is 2. The van der Waals surface area contributed by atoms with Crippen LogP contribution >= 0.6 is 0 Å². The van der Waals surface area contributed by atoms with E-state index in [1.807, 2.05) is 28.8 Å². The summed E-state index contributed by atoms with van der Waals surface area (Å²) in [6, 6.07) is 14.7. The molecule has 0 bridgehead atoms. The number of ether oxygens (including phenoxy) is 1. The molecule has 0 amide bonds. The quantitative estimate of drug-likeness (QED) is 0.406. The largest absolute Gasteiger partial charge is 0.385 e. The second kappa shape index (κ2) is 7.53. The number of carbonyl (C=O) groups is 1. The maximum atomic E-state index is 12.6. The summed E-state index contributed by atoms with van der Waals surface area (Å²) in [4.78, 5) is 12.6. The van der Waals surface area contributed by atoms with Gasteiger partial charge in [-0.25, -0.2) is 0 Å². The molecule has 0 aliphatic heterocycles. The van der Waals surface area contributed by atoms with Crippen LogP contribution < -0.4 is 11.1 Å². The highest BCUT2D eigenvalue weighted by Gasteiger charge is 2.14. The number of hydrogen-bond acceptors (Lipinski definition) is 3. The molecular weight excluding hydrogens is 313 g/mol. The number of aryl methyl sites for hydroxylation is 1. The molecule has 126 valence electrons. The average molecular weight is 333 g/mol. The van der Waals surface area contributed by atoms with Crippen molar-refractivity contribution in [1.29, 1.82) is 5.41 Å². The Morgan fingerprint density at radius 1 is 1.08 bits per heavy atom. The van der Waals surface area contributed by atoms with Crippen LogP contribution in [0.4, 0.5) is 0 Å². The number of para-hydroxylation sites is 2. The third kappa shape index (κ3) is 3.59. The van der Waals surface area contributed by atoms with Gasteiger partial charge in [-0.05, 0) is 18.6 Å². The molecule has 2 radical (unpaired) electrons. The summed E-state index contributed by atoms with van der Waals surface area (Å²) in [5, 5.41) is 8.51. The van der Waals surface area contributed by atoms with Gasteiger partial charge in [0.05, 0.1) is 17.6 Å². The second-order valence-corrected chi connectivity index (χ2v) is 5.94. The summed E-state index contributed by atoms with van der Waals surface area (Å²) in [6.45, 7) is 1.44. The minimum atomic E-state index is -0.0432. The van der Waals surface area contributed by atoms with Crippen molar-refractivity contribution in [2.24, 2.45) is 0 Å². The van der Waals surface area contributed by atoms with Gasteiger partial charge in [0.15, 0.2) is 5.78 Å². The minimum Gasteiger partial charge on any atom is -0.385 e. The lowest BCUT2D eigenvalue weighted by molar-refractivity contribution is 0.0971. The van der Waals surface area contributed by atoms with Gasteiger partial charge >= 0.3 is 0 Å². The van der Waals surface area contributed by atoms with Gasteiger partial charge in [-0.15, -0.1) is 0 Å². The van der Waals surface area contributed by atoms with Gasteiger partial charge in [-0.3, -0.25) is 10.2 Å². The molecule has 1 heterocycles. The lowest BCUT2D eigenvalue weighted by atomic mass is 9.94. The van der Waals surface area contributed by atoms with E-state index in [9.17, 15) is 4.79 Å². The molecule has 5 nitrogen and oxygen atoms in total. The van der Waals surface area contributed by atoms with E-state index in [1.165, 1.54) is 0 Å². The second-order valence-electron chi connectivity index (χ2n) is 5.94. The highest BCUT2D eigenvalue weighted by Crippen LogP contribution is 2.14. The number of carbonyl (C=O) groups excluding carboxylic acids is 1. The molecule has 0 unspecified atom stereocenters. The molecule has 1 N–H and O–H groups in total. The topological polar surface area (TPSA) is 60.0 Å². The van der Waals surface area contributed by atoms with Crippen molar-refractivity contribution in [2.75, 3.05) is 13.7 Å². The monoisotopic (exact) mass is 333 g/mol. The zero-order valence-corrected chi connectivity index (χ0v) is 14.2. The van der Waals surface area contributed by atoms with Crippen molar-refractivity contribution >= 4 is 30.1 Å². The van der Waals surface area contributed by atoms with Crippen molar-refractivity contribution in [3.63, 3.8) is 0 Å². The van der Waals surface area contributed by atoms with Crippen LogP contribution in [0, 0.1) is 5.41 Å². The summed E-state index contributed by atoms with van der Waals surface area (Å²) in [5.41, 5.74) is 3.38. The summed E-state index contributed by atoms with van der Waals surface area (Å²) in [5.74, 6) is -0.0432. The first kappa shape index (κ1) is 17.2. The zero-order chi connectivity index (χ0) is 17.8. The zero-order valence-electron chi connectivity index (χ0n) is 14.2. The fourth-order valence-electron chi connectivity index (χ4n) is 2.95. The summed E-state index contributed by atoms with van der Waals surface area (Å²) >= 11 is 0. The Labute approximate surface area is 147 Å². The Morgan fingerprint density at radius 2 is 1.72 bits per heavy atom. The SMILES string of the molecule is [B]c1ccc(C(=O)Cn2c(=N)n(CCCOC)c3ccccc32)cc1. The van der Waals surface area contributed by atoms with Gasteiger partial charge in [0.25, 0.3) is 0 Å². The highest BCUT2D eigenvalue weighted by atomic mass is 16.5. The van der Waals surface area contributed by atoms with E-state index in [-0.39, 0.29) is 12.3 Å². The van der Waals surface area contributed by atoms with Gasteiger partial charge in [-0.2, -0.15) is 0 Å². The summed E-state index contributed by atoms with van der Waals surface area (Å²) < 4.78 is 8.78. The Kier molecular flexibility index (Phi) is 5.19. The number of aromatic nitrogens is 2. The first-order chi connectivity index (χ1) is 12.1. The predicted molar refractivity (Wildman–Crippen MR) is 98.4 cm³/mol. The molecule has 0 aliphatic rings. The van der Waals surface area contributed by atoms with Crippen molar-refractivity contribution in [3.05, 3.63) is 59.7 Å². The molecule has 0 fully saturated rings. The smallest absolute Gasteiger partial charge is 0.203 e. The minimum absolute atomic E-state index is 0.0432. The number of hydrogen-bond donors (Lipinski definition) is 1. The molecule has 1 aromatic heterocycles. The van der Waals surface area contributed by atoms with E-state index in [4.69, 9.17) is 18.0 Å². The van der Waals surface area contributed by atoms with Crippen LogP contribution in [0.15, 0.2) is 48.5 Å². The van der Waals surface area contributed by atoms with Crippen LogP contribution in [0.2, 0.25) is 0 Å². The molecule has 3 aromatic rings. The molecule has 0 saturated heterocycles. The number of Topliss-reactive ketones (excluding diaryl/α,β-unsaturated/α-hetero) is 1. The maximum absolute atomic E-state index is 12.6. The van der Waals surface area contributed by atoms with E-state index in [0.29, 0.717) is 29.8 Å². The predicted octanol–water partition coefficient (Wildman–Crippen LogP) is 1.64. The lowest BCUT2D eigenvalue weighted by Crippen LogP contribution is -2.27. The molecule has 0 atom stereocenters. The van der Waals surface area contributed by atoms with Gasteiger partial charge in [-0.1, -0.05) is 41.9 Å². The van der Waals surface area contributed by atoms with Crippen LogP contribution in [-0.2, 0) is 17.8 Å². The van der Waals surface area contributed by atoms with Crippen molar-refractivity contribution in [2.45, 2.75) is 19.5 Å². The summed E-state index contributed by atoms with van der Waals surface area (Å²) in [6.07, 6.45) is 0.812. The summed E-state index contributed by atoms with van der Waals surface area (Å²) in [7, 11) is 7.35. The molecule has 6 heteroatoms. The van der Waals surface area contributed by atoms with Gasteiger partial charge < -0.3 is 13.9 Å². The van der Waals surface area contributed by atoms with E-state index in [2.05, 4.69) is 0 Å². The van der Waals surface area contributed by atoms with E-state index in [0.717, 1.165) is 17.5 Å². The van der Waals surface area contributed by atoms with Gasteiger partial charge in [0.1, 0.15) is 7.85 Å². The van der Waals surface area contributed by atoms with Crippen molar-refractivity contribution < 1.29 is 9.53 Å². The first-order valence-corrected chi connectivity index (χ1v) is 8.22. The lowest BCUT2D eigenvalue weighted by Gasteiger charge is -2.05. The van der Waals surface area contributed by atoms with E-state index >= 15 is 0 Å². The van der Waals surface area contributed by atoms with Crippen molar-refractivity contribution in [1.82, 2.24) is 9.13 Å². The Balaban J connectivity index is 1.95. The van der Waals surface area contributed by atoms with Crippen LogP contribution in [-0.4, -0.2) is 36.5 Å². The maximum Gasteiger partial charge on any atom is 0.203 e. The number of methoxy groups -OCH3 is 1. The average Bonchev–Trinajstić information content (AvgIpc) is 2.88. The molecule has 0 spiro atoms. The Bertz CT molecular complexity index is 941. The number of rotatable bonds is 7. The third-order valence-electron chi connectivity index (χ3n) is 4.24. The van der Waals surface area contributed by atoms with Gasteiger partial charge in [0, 0.05) is 25.8 Å².